The molecule has 4 rings (SSSR count). The molecule has 1 saturated heterocycles. The van der Waals surface area contributed by atoms with E-state index in [0.717, 1.165) is 16.8 Å². The topological polar surface area (TPSA) is 77.8 Å². The Kier molecular flexibility index (Phi) is 7.84. The van der Waals surface area contributed by atoms with Gasteiger partial charge in [0.25, 0.3) is 5.91 Å². The molecule has 1 aliphatic rings. The first-order valence-corrected chi connectivity index (χ1v) is 11.9. The zero-order valence-corrected chi connectivity index (χ0v) is 20.7. The van der Waals surface area contributed by atoms with Gasteiger partial charge in [0.15, 0.2) is 5.11 Å². The minimum absolute atomic E-state index is 0.0583. The van der Waals surface area contributed by atoms with Gasteiger partial charge in [0.2, 0.25) is 5.91 Å². The molecule has 7 nitrogen and oxygen atoms in total. The summed E-state index contributed by atoms with van der Waals surface area (Å²) in [6.45, 7) is 4.55. The summed E-state index contributed by atoms with van der Waals surface area (Å²) >= 11 is 11.8. The number of nitrogens with one attached hydrogen (secondary N) is 2. The van der Waals surface area contributed by atoms with E-state index in [1.165, 1.54) is 12.3 Å². The van der Waals surface area contributed by atoms with Crippen molar-refractivity contribution in [2.45, 2.75) is 6.92 Å². The Hall–Kier alpha value is -3.62. The molecule has 0 aliphatic carbocycles. The number of benzene rings is 2. The number of nitrogens with zero attached hydrogens (tertiary/aromatic N) is 2. The Balaban J connectivity index is 1.30. The number of aryl methyl sites for hydroxylation is 1. The van der Waals surface area contributed by atoms with Crippen LogP contribution in [0.4, 0.5) is 11.4 Å². The highest BCUT2D eigenvalue weighted by Gasteiger charge is 2.24. The lowest BCUT2D eigenvalue weighted by molar-refractivity contribution is -0.115. The zero-order chi connectivity index (χ0) is 24.8. The van der Waals surface area contributed by atoms with Gasteiger partial charge in [-0.1, -0.05) is 29.8 Å². The largest absolute Gasteiger partial charge is 0.465 e. The lowest BCUT2D eigenvalue weighted by Gasteiger charge is -2.36. The minimum atomic E-state index is -0.375. The van der Waals surface area contributed by atoms with Crippen LogP contribution in [0.3, 0.4) is 0 Å². The van der Waals surface area contributed by atoms with E-state index in [-0.39, 0.29) is 16.9 Å². The third-order valence-corrected chi connectivity index (χ3v) is 6.17. The van der Waals surface area contributed by atoms with Crippen LogP contribution in [0.25, 0.3) is 6.08 Å². The maximum atomic E-state index is 12.9. The van der Waals surface area contributed by atoms with Crippen LogP contribution in [0.15, 0.2) is 71.4 Å². The van der Waals surface area contributed by atoms with Crippen LogP contribution in [0.5, 0.6) is 0 Å². The Bertz CT molecular complexity index is 1250. The first kappa shape index (κ1) is 24.5. The van der Waals surface area contributed by atoms with E-state index in [1.807, 2.05) is 48.2 Å². The van der Waals surface area contributed by atoms with Crippen molar-refractivity contribution in [1.29, 1.82) is 0 Å². The molecule has 35 heavy (non-hydrogen) atoms. The van der Waals surface area contributed by atoms with Crippen LogP contribution in [0, 0.1) is 6.92 Å². The quantitative estimate of drug-likeness (QED) is 0.383. The summed E-state index contributed by atoms with van der Waals surface area (Å²) in [6, 6.07) is 16.6. The molecule has 0 bridgehead atoms. The number of carbonyl (C=O) groups is 2. The number of anilines is 2. The van der Waals surface area contributed by atoms with E-state index in [2.05, 4.69) is 15.5 Å². The smallest absolute Gasteiger partial charge is 0.254 e. The normalized spacial score (nSPS) is 13.7. The third kappa shape index (κ3) is 6.29. The Morgan fingerprint density at radius 3 is 2.51 bits per heavy atom. The molecular formula is C26H25ClN4O3S. The molecule has 0 radical (unpaired) electrons. The highest BCUT2D eigenvalue weighted by Crippen LogP contribution is 2.30. The van der Waals surface area contributed by atoms with Crippen molar-refractivity contribution in [3.8, 4) is 0 Å². The lowest BCUT2D eigenvalue weighted by atomic mass is 10.1. The monoisotopic (exact) mass is 508 g/mol. The molecule has 2 N–H and O–H groups in total. The van der Waals surface area contributed by atoms with Gasteiger partial charge in [0.05, 0.1) is 17.0 Å². The van der Waals surface area contributed by atoms with Gasteiger partial charge in [0, 0.05) is 43.5 Å². The number of furan rings is 1. The molecule has 1 aromatic heterocycles. The molecule has 2 amide bonds. The van der Waals surface area contributed by atoms with Crippen molar-refractivity contribution in [1.82, 2.24) is 10.2 Å². The number of amides is 2. The minimum Gasteiger partial charge on any atom is -0.465 e. The van der Waals surface area contributed by atoms with Crippen molar-refractivity contribution in [3.63, 3.8) is 0 Å². The van der Waals surface area contributed by atoms with Gasteiger partial charge >= 0.3 is 0 Å². The number of rotatable bonds is 5. The number of thiocarbonyl (C=S) groups is 1. The van der Waals surface area contributed by atoms with E-state index in [9.17, 15) is 9.59 Å². The van der Waals surface area contributed by atoms with Gasteiger partial charge in [0.1, 0.15) is 5.76 Å². The van der Waals surface area contributed by atoms with Gasteiger partial charge in [-0.3, -0.25) is 14.9 Å². The van der Waals surface area contributed by atoms with E-state index >= 15 is 0 Å². The van der Waals surface area contributed by atoms with Crippen LogP contribution >= 0.6 is 23.8 Å². The van der Waals surface area contributed by atoms with Crippen LogP contribution in [0.2, 0.25) is 5.02 Å². The van der Waals surface area contributed by atoms with Crippen molar-refractivity contribution < 1.29 is 14.0 Å². The SMILES string of the molecule is Cc1ccccc1C(=O)N1CCN(c2ccc(NC(=S)NC(=O)C=Cc3ccco3)cc2Cl)CC1. The highest BCUT2D eigenvalue weighted by atomic mass is 35.5. The number of halogens is 1. The first-order chi connectivity index (χ1) is 16.9. The van der Waals surface area contributed by atoms with Gasteiger partial charge in [-0.15, -0.1) is 0 Å². The maximum Gasteiger partial charge on any atom is 0.254 e. The summed E-state index contributed by atoms with van der Waals surface area (Å²) in [6.07, 6.45) is 4.42. The second-order valence-electron chi connectivity index (χ2n) is 8.05. The zero-order valence-electron chi connectivity index (χ0n) is 19.2. The van der Waals surface area contributed by atoms with Gasteiger partial charge in [-0.05, 0) is 67.2 Å². The molecule has 1 fully saturated rings. The number of hydrogen-bond acceptors (Lipinski definition) is 5. The number of carbonyl (C=O) groups excluding carboxylic acids is 2. The Morgan fingerprint density at radius 1 is 1.06 bits per heavy atom. The average Bonchev–Trinajstić information content (AvgIpc) is 3.37. The average molecular weight is 509 g/mol. The standard InChI is InChI=1S/C26H25ClN4O3S/c1-18-5-2-3-7-21(18)25(33)31-14-12-30(13-15-31)23-10-8-19(17-22(23)27)28-26(35)29-24(32)11-9-20-6-4-16-34-20/h2-11,16-17H,12-15H2,1H3,(H2,28,29,32,35). The molecule has 0 saturated carbocycles. The van der Waals surface area contributed by atoms with Crippen molar-refractivity contribution >= 4 is 58.2 Å². The number of piperazine rings is 1. The van der Waals surface area contributed by atoms with Gasteiger partial charge < -0.3 is 19.5 Å². The number of hydrogen-bond donors (Lipinski definition) is 2. The molecule has 3 aromatic rings. The molecule has 9 heteroatoms. The first-order valence-electron chi connectivity index (χ1n) is 11.1. The van der Waals surface area contributed by atoms with Crippen LogP contribution in [-0.4, -0.2) is 48.0 Å². The fourth-order valence-corrected chi connectivity index (χ4v) is 4.35. The van der Waals surface area contributed by atoms with E-state index in [0.29, 0.717) is 42.6 Å². The van der Waals surface area contributed by atoms with E-state index in [4.69, 9.17) is 28.2 Å². The van der Waals surface area contributed by atoms with E-state index in [1.54, 1.807) is 24.3 Å². The lowest BCUT2D eigenvalue weighted by Crippen LogP contribution is -2.49. The molecule has 1 aliphatic heterocycles. The maximum absolute atomic E-state index is 12.9. The Labute approximate surface area is 214 Å². The Morgan fingerprint density at radius 2 is 1.83 bits per heavy atom. The third-order valence-electron chi connectivity index (χ3n) is 5.67. The summed E-state index contributed by atoms with van der Waals surface area (Å²) in [7, 11) is 0. The molecule has 180 valence electrons. The molecular weight excluding hydrogens is 484 g/mol. The fourth-order valence-electron chi connectivity index (χ4n) is 3.83. The van der Waals surface area contributed by atoms with Crippen molar-refractivity contribution in [2.24, 2.45) is 0 Å². The molecule has 2 heterocycles. The predicted octanol–water partition coefficient (Wildman–Crippen LogP) is 4.73. The van der Waals surface area contributed by atoms with Crippen molar-refractivity contribution in [3.05, 3.63) is 88.8 Å². The van der Waals surface area contributed by atoms with Gasteiger partial charge in [-0.25, -0.2) is 0 Å². The summed E-state index contributed by atoms with van der Waals surface area (Å²) in [5.41, 5.74) is 3.27. The molecule has 0 unspecified atom stereocenters. The second kappa shape index (κ2) is 11.2. The van der Waals surface area contributed by atoms with Gasteiger partial charge in [-0.2, -0.15) is 0 Å². The summed E-state index contributed by atoms with van der Waals surface area (Å²) in [5, 5.41) is 6.27. The summed E-state index contributed by atoms with van der Waals surface area (Å²) < 4.78 is 5.15. The van der Waals surface area contributed by atoms with E-state index < -0.39 is 0 Å². The van der Waals surface area contributed by atoms with Crippen LogP contribution in [-0.2, 0) is 4.79 Å². The predicted molar refractivity (Wildman–Crippen MR) is 143 cm³/mol. The van der Waals surface area contributed by atoms with Crippen molar-refractivity contribution in [2.75, 3.05) is 36.4 Å². The second-order valence-corrected chi connectivity index (χ2v) is 8.87. The molecule has 0 atom stereocenters. The molecule has 2 aromatic carbocycles. The highest BCUT2D eigenvalue weighted by molar-refractivity contribution is 7.80. The fraction of sp³-hybridized carbons (Fsp3) is 0.192. The summed E-state index contributed by atoms with van der Waals surface area (Å²) in [5.74, 6) is 0.254. The summed E-state index contributed by atoms with van der Waals surface area (Å²) in [4.78, 5) is 28.9. The van der Waals surface area contributed by atoms with Crippen LogP contribution in [0.1, 0.15) is 21.7 Å². The molecule has 0 spiro atoms. The van der Waals surface area contributed by atoms with Crippen LogP contribution < -0.4 is 15.5 Å².